The highest BCUT2D eigenvalue weighted by Crippen LogP contribution is 2.26. The molecule has 1 unspecified atom stereocenters. The van der Waals surface area contributed by atoms with Crippen LogP contribution in [0.15, 0.2) is 83.9 Å². The van der Waals surface area contributed by atoms with Gasteiger partial charge >= 0.3 is 0 Å². The van der Waals surface area contributed by atoms with Gasteiger partial charge in [0.25, 0.3) is 0 Å². The minimum Gasteiger partial charge on any atom is -0.369 e. The molecular formula is C28H36ClN3. The molecule has 0 aliphatic heterocycles. The number of para-hydroxylation sites is 1. The summed E-state index contributed by atoms with van der Waals surface area (Å²) in [5, 5.41) is 0. The van der Waals surface area contributed by atoms with Gasteiger partial charge in [0, 0.05) is 5.69 Å². The summed E-state index contributed by atoms with van der Waals surface area (Å²) in [5.74, 6) is 1.03. The summed E-state index contributed by atoms with van der Waals surface area (Å²) in [6.07, 6.45) is 1.13. The molecule has 0 radical (unpaired) electrons. The number of aliphatic imine (C=N–C) groups is 1. The molecule has 0 saturated heterocycles. The maximum Gasteiger partial charge on any atom is 0.201 e. The van der Waals surface area contributed by atoms with E-state index in [1.165, 1.54) is 16.7 Å². The maximum atomic E-state index is 6.53. The van der Waals surface area contributed by atoms with E-state index in [1.807, 2.05) is 30.3 Å². The van der Waals surface area contributed by atoms with Crippen LogP contribution in [-0.2, 0) is 12.0 Å². The van der Waals surface area contributed by atoms with Crippen LogP contribution in [0.3, 0.4) is 0 Å². The van der Waals surface area contributed by atoms with Crippen molar-refractivity contribution in [3.05, 3.63) is 95.6 Å². The molecule has 0 amide bonds. The van der Waals surface area contributed by atoms with Crippen LogP contribution < -0.4 is 10.6 Å². The van der Waals surface area contributed by atoms with Gasteiger partial charge in [-0.05, 0) is 58.7 Å². The van der Waals surface area contributed by atoms with Crippen LogP contribution in [0.4, 0.5) is 11.4 Å². The van der Waals surface area contributed by atoms with Gasteiger partial charge in [-0.15, -0.1) is 12.4 Å². The number of hydrogen-bond donors (Lipinski definition) is 1. The first kappa shape index (κ1) is 25.5. The molecule has 1 atom stereocenters. The van der Waals surface area contributed by atoms with Gasteiger partial charge in [0.05, 0.1) is 12.2 Å². The quantitative estimate of drug-likeness (QED) is 0.311. The zero-order chi connectivity index (χ0) is 22.4. The van der Waals surface area contributed by atoms with Crippen LogP contribution in [0.2, 0.25) is 0 Å². The average Bonchev–Trinajstić information content (AvgIpc) is 2.77. The van der Waals surface area contributed by atoms with Gasteiger partial charge < -0.3 is 10.6 Å². The van der Waals surface area contributed by atoms with Crippen molar-refractivity contribution in [2.75, 3.05) is 4.90 Å². The molecule has 4 heteroatoms. The number of hydrogen-bond acceptors (Lipinski definition) is 1. The van der Waals surface area contributed by atoms with Gasteiger partial charge in [0.1, 0.15) is 0 Å². The number of halogens is 1. The lowest BCUT2D eigenvalue weighted by molar-refractivity contribution is 0.590. The van der Waals surface area contributed by atoms with E-state index in [1.54, 1.807) is 0 Å². The summed E-state index contributed by atoms with van der Waals surface area (Å²) >= 11 is 0. The number of rotatable bonds is 6. The molecule has 2 N–H and O–H groups in total. The van der Waals surface area contributed by atoms with Crippen LogP contribution in [0.1, 0.15) is 63.6 Å². The van der Waals surface area contributed by atoms with Gasteiger partial charge in [-0.2, -0.15) is 0 Å². The third kappa shape index (κ3) is 6.61. The number of benzene rings is 3. The number of nitrogens with two attached hydrogens (primary N) is 1. The van der Waals surface area contributed by atoms with E-state index in [4.69, 9.17) is 5.73 Å². The molecule has 0 aromatic heterocycles. The Kier molecular flexibility index (Phi) is 8.91. The standard InChI is InChI=1S/C28H35N3.ClH/c1-6-21(2)23-14-18-26(19-15-23)31(27(29)30-25-10-8-7-9-11-25)20-22-12-16-24(17-13-22)28(3,4)5;/h7-19,21H,6,20H2,1-5H3,(H2,29,30);1H. The fourth-order valence-corrected chi connectivity index (χ4v) is 3.51. The van der Waals surface area contributed by atoms with Gasteiger partial charge in [-0.3, -0.25) is 0 Å². The van der Waals surface area contributed by atoms with Crippen LogP contribution in [0.5, 0.6) is 0 Å². The van der Waals surface area contributed by atoms with E-state index in [2.05, 4.69) is 93.0 Å². The number of guanidine groups is 1. The number of nitrogens with zero attached hydrogens (tertiary/aromatic N) is 2. The van der Waals surface area contributed by atoms with Crippen molar-refractivity contribution in [2.24, 2.45) is 10.7 Å². The first-order chi connectivity index (χ1) is 14.8. The summed E-state index contributed by atoms with van der Waals surface area (Å²) in [6.45, 7) is 11.8. The van der Waals surface area contributed by atoms with E-state index in [0.29, 0.717) is 18.4 Å². The Morgan fingerprint density at radius 1 is 0.906 bits per heavy atom. The van der Waals surface area contributed by atoms with Crippen LogP contribution in [-0.4, -0.2) is 5.96 Å². The molecule has 3 rings (SSSR count). The Balaban J connectivity index is 0.00000363. The smallest absolute Gasteiger partial charge is 0.201 e. The monoisotopic (exact) mass is 449 g/mol. The lowest BCUT2D eigenvalue weighted by Crippen LogP contribution is -2.36. The molecule has 0 fully saturated rings. The van der Waals surface area contributed by atoms with Gasteiger partial charge in [-0.25, -0.2) is 4.99 Å². The zero-order valence-electron chi connectivity index (χ0n) is 19.9. The highest BCUT2D eigenvalue weighted by Gasteiger charge is 2.16. The van der Waals surface area contributed by atoms with Crippen molar-refractivity contribution in [3.63, 3.8) is 0 Å². The fourth-order valence-electron chi connectivity index (χ4n) is 3.51. The third-order valence-corrected chi connectivity index (χ3v) is 5.82. The molecule has 0 spiro atoms. The van der Waals surface area contributed by atoms with E-state index < -0.39 is 0 Å². The van der Waals surface area contributed by atoms with Gasteiger partial charge in [0.15, 0.2) is 0 Å². The molecule has 170 valence electrons. The Morgan fingerprint density at radius 2 is 1.50 bits per heavy atom. The van der Waals surface area contributed by atoms with Gasteiger partial charge in [-0.1, -0.05) is 89.2 Å². The largest absolute Gasteiger partial charge is 0.369 e. The molecule has 0 aliphatic carbocycles. The second-order valence-corrected chi connectivity index (χ2v) is 9.24. The molecule has 32 heavy (non-hydrogen) atoms. The summed E-state index contributed by atoms with van der Waals surface area (Å²) in [4.78, 5) is 6.77. The van der Waals surface area contributed by atoms with E-state index in [9.17, 15) is 0 Å². The Bertz CT molecular complexity index is 988. The van der Waals surface area contributed by atoms with Crippen LogP contribution >= 0.6 is 12.4 Å². The molecule has 3 aromatic rings. The summed E-state index contributed by atoms with van der Waals surface area (Å²) in [7, 11) is 0. The lowest BCUT2D eigenvalue weighted by atomic mass is 9.87. The van der Waals surface area contributed by atoms with Crippen molar-refractivity contribution in [1.82, 2.24) is 0 Å². The summed E-state index contributed by atoms with van der Waals surface area (Å²) in [5.41, 5.74) is 12.4. The minimum atomic E-state index is 0. The highest BCUT2D eigenvalue weighted by molar-refractivity contribution is 5.96. The molecule has 0 bridgehead atoms. The van der Waals surface area contributed by atoms with Crippen molar-refractivity contribution in [1.29, 1.82) is 0 Å². The predicted octanol–water partition coefficient (Wildman–Crippen LogP) is 7.57. The third-order valence-electron chi connectivity index (χ3n) is 5.82. The molecule has 3 aromatic carbocycles. The van der Waals surface area contributed by atoms with Gasteiger partial charge in [0.2, 0.25) is 5.96 Å². The Morgan fingerprint density at radius 3 is 2.03 bits per heavy atom. The normalized spacial score (nSPS) is 12.7. The topological polar surface area (TPSA) is 41.6 Å². The summed E-state index contributed by atoms with van der Waals surface area (Å²) in [6, 6.07) is 27.4. The molecule has 3 nitrogen and oxygen atoms in total. The van der Waals surface area contributed by atoms with Crippen molar-refractivity contribution < 1.29 is 0 Å². The summed E-state index contributed by atoms with van der Waals surface area (Å²) < 4.78 is 0. The SMILES string of the molecule is CCC(C)c1ccc(N(Cc2ccc(C(C)(C)C)cc2)C(N)=Nc2ccccc2)cc1.Cl. The fraction of sp³-hybridized carbons (Fsp3) is 0.321. The first-order valence-electron chi connectivity index (χ1n) is 11.1. The molecular weight excluding hydrogens is 414 g/mol. The van der Waals surface area contributed by atoms with Crippen LogP contribution in [0.25, 0.3) is 0 Å². The molecule has 0 saturated carbocycles. The van der Waals surface area contributed by atoms with Crippen molar-refractivity contribution in [2.45, 2.75) is 58.9 Å². The zero-order valence-corrected chi connectivity index (χ0v) is 20.7. The maximum absolute atomic E-state index is 6.53. The number of anilines is 1. The lowest BCUT2D eigenvalue weighted by Gasteiger charge is -2.25. The second-order valence-electron chi connectivity index (χ2n) is 9.24. The first-order valence-corrected chi connectivity index (χ1v) is 11.1. The minimum absolute atomic E-state index is 0. The van der Waals surface area contributed by atoms with Crippen LogP contribution in [0, 0.1) is 0 Å². The molecule has 0 aliphatic rings. The Labute approximate surface area is 199 Å². The van der Waals surface area contributed by atoms with Crippen molar-refractivity contribution in [3.8, 4) is 0 Å². The predicted molar refractivity (Wildman–Crippen MR) is 141 cm³/mol. The Hall–Kier alpha value is -2.78. The molecule has 0 heterocycles. The average molecular weight is 450 g/mol. The van der Waals surface area contributed by atoms with Crippen molar-refractivity contribution >= 4 is 29.7 Å². The van der Waals surface area contributed by atoms with E-state index >= 15 is 0 Å². The van der Waals surface area contributed by atoms with E-state index in [0.717, 1.165) is 17.8 Å². The highest BCUT2D eigenvalue weighted by atomic mass is 35.5. The second kappa shape index (κ2) is 11.2. The van der Waals surface area contributed by atoms with E-state index in [-0.39, 0.29) is 17.8 Å².